The maximum Gasteiger partial charge on any atom is 0.407 e. The molecule has 11 heteroatoms. The van der Waals surface area contributed by atoms with Gasteiger partial charge in [-0.3, -0.25) is 14.4 Å². The maximum atomic E-state index is 13.8. The number of amides is 2. The van der Waals surface area contributed by atoms with E-state index in [1.807, 2.05) is 34.6 Å². The molecule has 3 heterocycles. The molecule has 0 spiro atoms. The Morgan fingerprint density at radius 2 is 2.00 bits per heavy atom. The number of aliphatic hydroxyl groups excluding tert-OH is 1. The summed E-state index contributed by atoms with van der Waals surface area (Å²) in [5.41, 5.74) is -1.23. The minimum absolute atomic E-state index is 0.0611. The fourth-order valence-corrected chi connectivity index (χ4v) is 4.65. The van der Waals surface area contributed by atoms with Crippen molar-refractivity contribution < 1.29 is 19.8 Å². The van der Waals surface area contributed by atoms with Gasteiger partial charge in [-0.1, -0.05) is 0 Å². The third kappa shape index (κ3) is 4.82. The number of nitrogens with zero attached hydrogens (tertiary/aromatic N) is 6. The number of anilines is 3. The summed E-state index contributed by atoms with van der Waals surface area (Å²) < 4.78 is 1.66. The lowest BCUT2D eigenvalue weighted by Crippen LogP contribution is -2.53. The van der Waals surface area contributed by atoms with E-state index in [1.165, 1.54) is 4.90 Å². The predicted molar refractivity (Wildman–Crippen MR) is 131 cm³/mol. The molecule has 0 radical (unpaired) electrons. The van der Waals surface area contributed by atoms with E-state index in [0.717, 1.165) is 12.8 Å². The summed E-state index contributed by atoms with van der Waals surface area (Å²) in [5.74, 6) is 0.917. The van der Waals surface area contributed by atoms with Crippen LogP contribution in [0.15, 0.2) is 24.7 Å². The fourth-order valence-electron chi connectivity index (χ4n) is 4.65. The van der Waals surface area contributed by atoms with E-state index in [9.17, 15) is 19.8 Å². The molecule has 0 unspecified atom stereocenters. The smallest absolute Gasteiger partial charge is 0.407 e. The Labute approximate surface area is 205 Å². The van der Waals surface area contributed by atoms with Crippen LogP contribution in [0.5, 0.6) is 0 Å². The lowest BCUT2D eigenvalue weighted by Gasteiger charge is -2.40. The Hall–Kier alpha value is -3.21. The average molecular weight is 486 g/mol. The van der Waals surface area contributed by atoms with Crippen molar-refractivity contribution >= 4 is 29.5 Å². The van der Waals surface area contributed by atoms with Crippen molar-refractivity contribution in [1.29, 1.82) is 0 Å². The first-order chi connectivity index (χ1) is 16.4. The molecule has 3 N–H and O–H groups in total. The number of carbonyl (C=O) groups is 2. The van der Waals surface area contributed by atoms with Crippen molar-refractivity contribution in [3.05, 3.63) is 24.7 Å². The second-order valence-corrected chi connectivity index (χ2v) is 11.2. The van der Waals surface area contributed by atoms with Crippen molar-refractivity contribution in [1.82, 2.24) is 24.6 Å². The van der Waals surface area contributed by atoms with E-state index in [2.05, 4.69) is 20.4 Å². The van der Waals surface area contributed by atoms with Crippen LogP contribution in [-0.2, 0) is 10.3 Å². The number of rotatable bonds is 8. The SMILES string of the molecule is CC(C)(C)N(C[C@@]1(C2CC2)CCN(c2ccnc(Nc3cnn(C(C)(C)CO)c3)n2)C1=O)C(=O)O. The highest BCUT2D eigenvalue weighted by Gasteiger charge is 2.58. The molecular weight excluding hydrogens is 450 g/mol. The van der Waals surface area contributed by atoms with Crippen LogP contribution < -0.4 is 10.2 Å². The van der Waals surface area contributed by atoms with Gasteiger partial charge in [-0.2, -0.15) is 10.1 Å². The first kappa shape index (κ1) is 24.9. The molecular formula is C24H35N7O4. The molecule has 190 valence electrons. The molecule has 4 rings (SSSR count). The molecule has 1 atom stereocenters. The van der Waals surface area contributed by atoms with Gasteiger partial charge < -0.3 is 20.4 Å². The molecule has 1 aliphatic heterocycles. The van der Waals surface area contributed by atoms with Crippen LogP contribution in [0.25, 0.3) is 0 Å². The van der Waals surface area contributed by atoms with E-state index in [-0.39, 0.29) is 25.0 Å². The van der Waals surface area contributed by atoms with Gasteiger partial charge in [-0.05, 0) is 65.9 Å². The van der Waals surface area contributed by atoms with E-state index >= 15 is 0 Å². The third-order valence-electron chi connectivity index (χ3n) is 7.06. The fraction of sp³-hybridized carbons (Fsp3) is 0.625. The molecule has 2 aromatic rings. The molecule has 1 saturated heterocycles. The van der Waals surface area contributed by atoms with Crippen molar-refractivity contribution in [2.24, 2.45) is 11.3 Å². The van der Waals surface area contributed by atoms with E-state index in [0.29, 0.717) is 30.4 Å². The van der Waals surface area contributed by atoms with Gasteiger partial charge in [-0.15, -0.1) is 0 Å². The minimum atomic E-state index is -1.01. The van der Waals surface area contributed by atoms with Crippen LogP contribution >= 0.6 is 0 Å². The summed E-state index contributed by atoms with van der Waals surface area (Å²) in [4.78, 5) is 37.7. The van der Waals surface area contributed by atoms with Gasteiger partial charge >= 0.3 is 6.09 Å². The Bertz CT molecular complexity index is 1110. The molecule has 1 saturated carbocycles. The van der Waals surface area contributed by atoms with Crippen LogP contribution in [0.2, 0.25) is 0 Å². The molecule has 2 aromatic heterocycles. The van der Waals surface area contributed by atoms with Gasteiger partial charge in [0, 0.05) is 31.0 Å². The largest absolute Gasteiger partial charge is 0.465 e. The summed E-state index contributed by atoms with van der Waals surface area (Å²) in [6, 6.07) is 1.70. The van der Waals surface area contributed by atoms with Gasteiger partial charge in [0.2, 0.25) is 11.9 Å². The van der Waals surface area contributed by atoms with Crippen molar-refractivity contribution in [2.75, 3.05) is 29.9 Å². The standard InChI is InChI=1S/C24H35N7O4/c1-22(2,3)30(21(34)35)14-24(16-6-7-16)9-11-29(19(24)33)18-8-10-25-20(28-18)27-17-12-26-31(13-17)23(4,5)15-32/h8,10,12-13,16,32H,6-7,9,11,14-15H2,1-5H3,(H,34,35)(H,25,27,28)/t24-/m1/s1. The normalized spacial score (nSPS) is 20.9. The summed E-state index contributed by atoms with van der Waals surface area (Å²) >= 11 is 0. The predicted octanol–water partition coefficient (Wildman–Crippen LogP) is 3.06. The first-order valence-electron chi connectivity index (χ1n) is 12.0. The van der Waals surface area contributed by atoms with Crippen molar-refractivity contribution in [3.63, 3.8) is 0 Å². The Morgan fingerprint density at radius 3 is 2.60 bits per heavy atom. The van der Waals surface area contributed by atoms with E-state index in [1.54, 1.807) is 34.2 Å². The van der Waals surface area contributed by atoms with E-state index < -0.39 is 22.6 Å². The Balaban J connectivity index is 1.55. The molecule has 0 aromatic carbocycles. The monoisotopic (exact) mass is 485 g/mol. The lowest BCUT2D eigenvalue weighted by atomic mass is 9.79. The van der Waals surface area contributed by atoms with Gasteiger partial charge in [0.1, 0.15) is 5.82 Å². The molecule has 2 amide bonds. The molecule has 2 fully saturated rings. The Kier molecular flexibility index (Phi) is 6.25. The second kappa shape index (κ2) is 8.78. The number of carboxylic acid groups (broad SMARTS) is 1. The third-order valence-corrected chi connectivity index (χ3v) is 7.06. The molecule has 2 aliphatic rings. The maximum absolute atomic E-state index is 13.8. The van der Waals surface area contributed by atoms with E-state index in [4.69, 9.17) is 0 Å². The molecule has 35 heavy (non-hydrogen) atoms. The summed E-state index contributed by atoms with van der Waals surface area (Å²) in [6.07, 6.45) is 6.42. The van der Waals surface area contributed by atoms with Crippen molar-refractivity contribution in [3.8, 4) is 0 Å². The van der Waals surface area contributed by atoms with Crippen molar-refractivity contribution in [2.45, 2.75) is 65.0 Å². The quantitative estimate of drug-likeness (QED) is 0.519. The number of aliphatic hydroxyl groups is 1. The highest BCUT2D eigenvalue weighted by molar-refractivity contribution is 6.00. The number of aromatic nitrogens is 4. The Morgan fingerprint density at radius 1 is 1.29 bits per heavy atom. The molecule has 0 bridgehead atoms. The summed E-state index contributed by atoms with van der Waals surface area (Å²) in [5, 5.41) is 26.8. The highest BCUT2D eigenvalue weighted by atomic mass is 16.4. The topological polar surface area (TPSA) is 137 Å². The number of hydrogen-bond acceptors (Lipinski definition) is 7. The first-order valence-corrected chi connectivity index (χ1v) is 12.0. The van der Waals surface area contributed by atoms with Crippen LogP contribution in [0.1, 0.15) is 53.9 Å². The number of hydrogen-bond donors (Lipinski definition) is 3. The van der Waals surface area contributed by atoms with Gasteiger partial charge in [0.05, 0.1) is 29.4 Å². The van der Waals surface area contributed by atoms with Crippen LogP contribution in [0, 0.1) is 11.3 Å². The number of nitrogens with one attached hydrogen (secondary N) is 1. The van der Waals surface area contributed by atoms with Gasteiger partial charge in [0.25, 0.3) is 0 Å². The zero-order valence-corrected chi connectivity index (χ0v) is 21.0. The summed E-state index contributed by atoms with van der Waals surface area (Å²) in [7, 11) is 0. The zero-order chi connectivity index (χ0) is 25.6. The van der Waals surface area contributed by atoms with Gasteiger partial charge in [0.15, 0.2) is 0 Å². The molecule has 1 aliphatic carbocycles. The van der Waals surface area contributed by atoms with Crippen LogP contribution in [0.4, 0.5) is 22.2 Å². The van der Waals surface area contributed by atoms with Crippen LogP contribution in [0.3, 0.4) is 0 Å². The zero-order valence-electron chi connectivity index (χ0n) is 21.0. The minimum Gasteiger partial charge on any atom is -0.465 e. The second-order valence-electron chi connectivity index (χ2n) is 11.2. The van der Waals surface area contributed by atoms with Crippen LogP contribution in [-0.4, -0.2) is 72.1 Å². The average Bonchev–Trinajstić information content (AvgIpc) is 3.44. The highest BCUT2D eigenvalue weighted by Crippen LogP contribution is 2.53. The lowest BCUT2D eigenvalue weighted by molar-refractivity contribution is -0.128. The summed E-state index contributed by atoms with van der Waals surface area (Å²) in [6.45, 7) is 9.90. The molecule has 11 nitrogen and oxygen atoms in total. The van der Waals surface area contributed by atoms with Gasteiger partial charge in [-0.25, -0.2) is 9.78 Å². The number of carbonyl (C=O) groups excluding carboxylic acids is 1.